The number of hydrogen-bond donors (Lipinski definition) is 1. The maximum Gasteiger partial charge on any atom is 0.338 e. The summed E-state index contributed by atoms with van der Waals surface area (Å²) < 4.78 is 5.31. The molecular weight excluding hydrogens is 342 g/mol. The minimum atomic E-state index is -0.914. The molecular formula is C22H25NO4. The first-order valence-corrected chi connectivity index (χ1v) is 8.81. The quantitative estimate of drug-likeness (QED) is 0.629. The van der Waals surface area contributed by atoms with Crippen LogP contribution in [0, 0.1) is 0 Å². The van der Waals surface area contributed by atoms with Crippen molar-refractivity contribution in [1.29, 1.82) is 0 Å². The third kappa shape index (κ3) is 5.51. The van der Waals surface area contributed by atoms with Crippen molar-refractivity contribution in [1.82, 2.24) is 0 Å². The third-order valence-electron chi connectivity index (χ3n) is 4.11. The van der Waals surface area contributed by atoms with Gasteiger partial charge in [0.05, 0.1) is 5.56 Å². The Morgan fingerprint density at radius 1 is 0.963 bits per heavy atom. The van der Waals surface area contributed by atoms with Crippen molar-refractivity contribution in [2.24, 2.45) is 0 Å². The first-order chi connectivity index (χ1) is 12.6. The van der Waals surface area contributed by atoms with Crippen molar-refractivity contribution in [2.45, 2.75) is 46.1 Å². The molecule has 1 atom stereocenters. The predicted molar refractivity (Wildman–Crippen MR) is 105 cm³/mol. The number of nitrogens with one attached hydrogen (secondary N) is 1. The second kappa shape index (κ2) is 8.16. The number of anilines is 1. The molecule has 2 aromatic rings. The molecule has 0 heterocycles. The molecule has 0 saturated carbocycles. The van der Waals surface area contributed by atoms with E-state index in [-0.39, 0.29) is 22.7 Å². The van der Waals surface area contributed by atoms with Gasteiger partial charge in [0.25, 0.3) is 0 Å². The Morgan fingerprint density at radius 2 is 1.59 bits per heavy atom. The fourth-order valence-corrected chi connectivity index (χ4v) is 2.58. The fourth-order valence-electron chi connectivity index (χ4n) is 2.58. The molecule has 0 aliphatic rings. The van der Waals surface area contributed by atoms with E-state index in [9.17, 15) is 14.4 Å². The zero-order chi connectivity index (χ0) is 20.2. The Morgan fingerprint density at radius 3 is 2.15 bits per heavy atom. The van der Waals surface area contributed by atoms with Gasteiger partial charge in [0.15, 0.2) is 6.10 Å². The molecule has 0 saturated heterocycles. The van der Waals surface area contributed by atoms with E-state index in [1.807, 2.05) is 12.1 Å². The van der Waals surface area contributed by atoms with Crippen molar-refractivity contribution in [3.63, 3.8) is 0 Å². The van der Waals surface area contributed by atoms with Crippen LogP contribution in [0.1, 0.15) is 60.9 Å². The molecule has 2 rings (SSSR count). The van der Waals surface area contributed by atoms with Gasteiger partial charge in [-0.2, -0.15) is 0 Å². The number of hydrogen-bond acceptors (Lipinski definition) is 4. The summed E-state index contributed by atoms with van der Waals surface area (Å²) in [6.07, 6.45) is -0.914. The van der Waals surface area contributed by atoms with Gasteiger partial charge in [0, 0.05) is 18.2 Å². The molecule has 0 bridgehead atoms. The van der Waals surface area contributed by atoms with Crippen LogP contribution >= 0.6 is 0 Å². The molecule has 27 heavy (non-hydrogen) atoms. The van der Waals surface area contributed by atoms with E-state index in [2.05, 4.69) is 26.1 Å². The second-order valence-corrected chi connectivity index (χ2v) is 7.50. The topological polar surface area (TPSA) is 72.5 Å². The molecule has 142 valence electrons. The van der Waals surface area contributed by atoms with Crippen LogP contribution in [0.4, 0.5) is 5.69 Å². The molecule has 0 spiro atoms. The van der Waals surface area contributed by atoms with Gasteiger partial charge in [0.1, 0.15) is 0 Å². The first kappa shape index (κ1) is 20.4. The van der Waals surface area contributed by atoms with Crippen LogP contribution in [0.3, 0.4) is 0 Å². The zero-order valence-corrected chi connectivity index (χ0v) is 16.3. The molecule has 1 N–H and O–H groups in total. The summed E-state index contributed by atoms with van der Waals surface area (Å²) in [5.74, 6) is -1.11. The maximum absolute atomic E-state index is 12.6. The number of benzene rings is 2. The normalized spacial score (nSPS) is 12.2. The SMILES string of the molecule is CC(=O)Nc1cccc(C(=O)O[C@H](C)C(=O)c2ccc(C(C)(C)C)cc2)c1. The number of Topliss-reactive ketones (excluding diaryl/α,β-unsaturated/α-hetero) is 1. The fraction of sp³-hybridized carbons (Fsp3) is 0.318. The molecule has 5 nitrogen and oxygen atoms in total. The minimum absolute atomic E-state index is 0.00140. The number of carbonyl (C=O) groups excluding carboxylic acids is 3. The third-order valence-corrected chi connectivity index (χ3v) is 4.11. The Balaban J connectivity index is 2.07. The molecule has 5 heteroatoms. The van der Waals surface area contributed by atoms with Crippen LogP contribution in [0.15, 0.2) is 48.5 Å². The van der Waals surface area contributed by atoms with Crippen molar-refractivity contribution in [3.8, 4) is 0 Å². The van der Waals surface area contributed by atoms with E-state index in [4.69, 9.17) is 4.74 Å². The summed E-state index contributed by atoms with van der Waals surface area (Å²) in [6, 6.07) is 13.7. The van der Waals surface area contributed by atoms with E-state index in [1.54, 1.807) is 37.3 Å². The van der Waals surface area contributed by atoms with E-state index in [0.29, 0.717) is 11.3 Å². The summed E-state index contributed by atoms with van der Waals surface area (Å²) in [5.41, 5.74) is 2.38. The van der Waals surface area contributed by atoms with Crippen LogP contribution in [-0.2, 0) is 14.9 Å². The highest BCUT2D eigenvalue weighted by atomic mass is 16.5. The molecule has 0 radical (unpaired) electrons. The number of ether oxygens (including phenoxy) is 1. The highest BCUT2D eigenvalue weighted by molar-refractivity contribution is 6.01. The first-order valence-electron chi connectivity index (χ1n) is 8.81. The number of rotatable bonds is 5. The minimum Gasteiger partial charge on any atom is -0.451 e. The van der Waals surface area contributed by atoms with Crippen molar-refractivity contribution >= 4 is 23.3 Å². The Labute approximate surface area is 159 Å². The number of carbonyl (C=O) groups is 3. The lowest BCUT2D eigenvalue weighted by atomic mass is 9.86. The number of esters is 1. The van der Waals surface area contributed by atoms with E-state index < -0.39 is 12.1 Å². The summed E-state index contributed by atoms with van der Waals surface area (Å²) in [4.78, 5) is 36.0. The van der Waals surface area contributed by atoms with Gasteiger partial charge >= 0.3 is 5.97 Å². The summed E-state index contributed by atoms with van der Waals surface area (Å²) in [6.45, 7) is 9.24. The summed E-state index contributed by atoms with van der Waals surface area (Å²) >= 11 is 0. The molecule has 2 aromatic carbocycles. The number of amides is 1. The van der Waals surface area contributed by atoms with Crippen LogP contribution in [0.25, 0.3) is 0 Å². The van der Waals surface area contributed by atoms with Crippen LogP contribution in [0.2, 0.25) is 0 Å². The highest BCUT2D eigenvalue weighted by Gasteiger charge is 2.21. The monoisotopic (exact) mass is 367 g/mol. The van der Waals surface area contributed by atoms with Gasteiger partial charge in [-0.15, -0.1) is 0 Å². The van der Waals surface area contributed by atoms with Gasteiger partial charge in [-0.3, -0.25) is 9.59 Å². The molecule has 0 aromatic heterocycles. The average molecular weight is 367 g/mol. The van der Waals surface area contributed by atoms with Crippen molar-refractivity contribution in [2.75, 3.05) is 5.32 Å². The van der Waals surface area contributed by atoms with Crippen LogP contribution in [-0.4, -0.2) is 23.8 Å². The molecule has 0 aliphatic carbocycles. The van der Waals surface area contributed by atoms with Crippen LogP contribution < -0.4 is 5.32 Å². The van der Waals surface area contributed by atoms with Crippen molar-refractivity contribution < 1.29 is 19.1 Å². The van der Waals surface area contributed by atoms with Gasteiger partial charge in [-0.25, -0.2) is 4.79 Å². The smallest absolute Gasteiger partial charge is 0.338 e. The second-order valence-electron chi connectivity index (χ2n) is 7.50. The lowest BCUT2D eigenvalue weighted by molar-refractivity contribution is -0.114. The molecule has 1 amide bonds. The standard InChI is InChI=1S/C22H25NO4/c1-14(20(25)16-9-11-18(12-10-16)22(3,4)5)27-21(26)17-7-6-8-19(13-17)23-15(2)24/h6-14H,1-5H3,(H,23,24)/t14-/m1/s1. The van der Waals surface area contributed by atoms with Crippen LogP contribution in [0.5, 0.6) is 0 Å². The van der Waals surface area contributed by atoms with Gasteiger partial charge in [-0.05, 0) is 36.1 Å². The lowest BCUT2D eigenvalue weighted by Crippen LogP contribution is -2.24. The van der Waals surface area contributed by atoms with E-state index in [1.165, 1.54) is 13.0 Å². The summed E-state index contributed by atoms with van der Waals surface area (Å²) in [5, 5.41) is 2.61. The lowest BCUT2D eigenvalue weighted by Gasteiger charge is -2.19. The van der Waals surface area contributed by atoms with Gasteiger partial charge in [-0.1, -0.05) is 51.1 Å². The Hall–Kier alpha value is -2.95. The largest absolute Gasteiger partial charge is 0.451 e. The van der Waals surface area contributed by atoms with E-state index in [0.717, 1.165) is 5.56 Å². The molecule has 0 aliphatic heterocycles. The van der Waals surface area contributed by atoms with Crippen molar-refractivity contribution in [3.05, 3.63) is 65.2 Å². The highest BCUT2D eigenvalue weighted by Crippen LogP contribution is 2.23. The molecule has 0 fully saturated rings. The van der Waals surface area contributed by atoms with Gasteiger partial charge in [0.2, 0.25) is 11.7 Å². The zero-order valence-electron chi connectivity index (χ0n) is 16.3. The summed E-state index contributed by atoms with van der Waals surface area (Å²) in [7, 11) is 0. The Kier molecular flexibility index (Phi) is 6.16. The van der Waals surface area contributed by atoms with E-state index >= 15 is 0 Å². The number of ketones is 1. The average Bonchev–Trinajstić information content (AvgIpc) is 2.60. The molecule has 0 unspecified atom stereocenters. The predicted octanol–water partition coefficient (Wildman–Crippen LogP) is 4.37. The maximum atomic E-state index is 12.6. The van der Waals surface area contributed by atoms with Gasteiger partial charge < -0.3 is 10.1 Å². The Bertz CT molecular complexity index is 847.